The average Bonchev–Trinajstić information content (AvgIpc) is 2.55. The van der Waals surface area contributed by atoms with Crippen LogP contribution in [0, 0.1) is 0 Å². The highest BCUT2D eigenvalue weighted by Crippen LogP contribution is 2.20. The Morgan fingerprint density at radius 1 is 1.26 bits per heavy atom. The highest BCUT2D eigenvalue weighted by atomic mass is 16.6. The van der Waals surface area contributed by atoms with Crippen LogP contribution in [0.5, 0.6) is 0 Å². The zero-order valence-corrected chi connectivity index (χ0v) is 11.3. The minimum Gasteiger partial charge on any atom is -0.505 e. The van der Waals surface area contributed by atoms with E-state index >= 15 is 0 Å². The third-order valence-electron chi connectivity index (χ3n) is 2.25. The van der Waals surface area contributed by atoms with E-state index in [2.05, 4.69) is 25.9 Å². The van der Waals surface area contributed by atoms with Crippen LogP contribution in [-0.4, -0.2) is 89.1 Å². The smallest absolute Gasteiger partial charge is 0.377 e. The van der Waals surface area contributed by atoms with Crippen molar-refractivity contribution in [2.24, 2.45) is 0 Å². The number of hydrogen-bond acceptors (Lipinski definition) is 7. The fourth-order valence-corrected chi connectivity index (χ4v) is 1.12. The Bertz CT molecular complexity index is 334. The van der Waals surface area contributed by atoms with Crippen LogP contribution < -0.4 is 0 Å². The van der Waals surface area contributed by atoms with Gasteiger partial charge < -0.3 is 34.8 Å². The van der Waals surface area contributed by atoms with Crippen molar-refractivity contribution < 1.29 is 39.5 Å². The molecule has 0 aromatic heterocycles. The van der Waals surface area contributed by atoms with Gasteiger partial charge in [0, 0.05) is 0 Å². The first-order chi connectivity index (χ1) is 8.64. The molecule has 0 radical (unpaired) electrons. The maximum atomic E-state index is 10.5. The Balaban J connectivity index is 0.000000399. The van der Waals surface area contributed by atoms with E-state index in [4.69, 9.17) is 25.5 Å². The average molecular weight is 280 g/mol. The number of aliphatic hydroxyl groups is 5. The van der Waals surface area contributed by atoms with Gasteiger partial charge in [-0.1, -0.05) is 0 Å². The summed E-state index contributed by atoms with van der Waals surface area (Å²) in [5.41, 5.74) is 0. The quantitative estimate of drug-likeness (QED) is 0.306. The largest absolute Gasteiger partial charge is 0.505 e. The lowest BCUT2D eigenvalue weighted by Gasteiger charge is -2.21. The molecule has 0 amide bonds. The molecule has 5 N–H and O–H groups in total. The first-order valence-corrected chi connectivity index (χ1v) is 5.67. The SMILES string of the molecule is C[N+](C)(C)CCO.O=C1O[C@H]([C@@H](O)CO)C(O)=C1O. The molecule has 0 aromatic rings. The second-order valence-corrected chi connectivity index (χ2v) is 5.05. The van der Waals surface area contributed by atoms with Crippen LogP contribution in [0.1, 0.15) is 0 Å². The molecule has 1 aliphatic heterocycles. The first-order valence-electron chi connectivity index (χ1n) is 5.67. The molecule has 0 aliphatic carbocycles. The van der Waals surface area contributed by atoms with Gasteiger partial charge in [-0.05, 0) is 0 Å². The normalized spacial score (nSPS) is 20.7. The number of carbonyl (C=O) groups excluding carboxylic acids is 1. The number of cyclic esters (lactones) is 1. The van der Waals surface area contributed by atoms with Crippen LogP contribution in [0.3, 0.4) is 0 Å². The maximum Gasteiger partial charge on any atom is 0.377 e. The van der Waals surface area contributed by atoms with Crippen LogP contribution in [-0.2, 0) is 9.53 Å². The summed E-state index contributed by atoms with van der Waals surface area (Å²) in [6.07, 6.45) is -2.78. The monoisotopic (exact) mass is 280 g/mol. The summed E-state index contributed by atoms with van der Waals surface area (Å²) in [6, 6.07) is 0. The number of aliphatic hydroxyl groups excluding tert-OH is 5. The lowest BCUT2D eigenvalue weighted by molar-refractivity contribution is -0.870. The van der Waals surface area contributed by atoms with E-state index in [9.17, 15) is 4.79 Å². The van der Waals surface area contributed by atoms with E-state index in [0.717, 1.165) is 11.0 Å². The van der Waals surface area contributed by atoms with Crippen molar-refractivity contribution >= 4 is 5.97 Å². The molecule has 2 atom stereocenters. The van der Waals surface area contributed by atoms with E-state index in [1.807, 2.05) is 0 Å². The number of esters is 1. The molecule has 0 unspecified atom stereocenters. The molecular weight excluding hydrogens is 258 g/mol. The van der Waals surface area contributed by atoms with E-state index in [1.54, 1.807) is 0 Å². The van der Waals surface area contributed by atoms with Gasteiger partial charge in [-0.2, -0.15) is 0 Å². The Morgan fingerprint density at radius 2 is 1.79 bits per heavy atom. The number of likely N-dealkylation sites (N-methyl/N-ethyl adjacent to an activating group) is 1. The topological polar surface area (TPSA) is 127 Å². The van der Waals surface area contributed by atoms with Gasteiger partial charge in [-0.25, -0.2) is 4.79 Å². The second-order valence-electron chi connectivity index (χ2n) is 5.05. The van der Waals surface area contributed by atoms with E-state index < -0.39 is 36.3 Å². The van der Waals surface area contributed by atoms with Crippen molar-refractivity contribution in [2.75, 3.05) is 40.9 Å². The maximum absolute atomic E-state index is 10.5. The minimum absolute atomic E-state index is 0.281. The molecule has 1 heterocycles. The summed E-state index contributed by atoms with van der Waals surface area (Å²) >= 11 is 0. The predicted molar refractivity (Wildman–Crippen MR) is 65.2 cm³/mol. The van der Waals surface area contributed by atoms with Crippen LogP contribution >= 0.6 is 0 Å². The van der Waals surface area contributed by atoms with Gasteiger partial charge in [0.25, 0.3) is 0 Å². The van der Waals surface area contributed by atoms with Gasteiger partial charge in [0.15, 0.2) is 11.9 Å². The van der Waals surface area contributed by atoms with E-state index in [-0.39, 0.29) is 6.61 Å². The fraction of sp³-hybridized carbons (Fsp3) is 0.727. The van der Waals surface area contributed by atoms with Crippen LogP contribution in [0.4, 0.5) is 0 Å². The molecule has 112 valence electrons. The zero-order chi connectivity index (χ0) is 15.2. The molecule has 0 saturated heterocycles. The summed E-state index contributed by atoms with van der Waals surface area (Å²) in [5, 5.41) is 43.4. The first kappa shape index (κ1) is 17.6. The molecule has 1 rings (SSSR count). The van der Waals surface area contributed by atoms with Gasteiger partial charge >= 0.3 is 5.97 Å². The van der Waals surface area contributed by atoms with Crippen molar-refractivity contribution in [2.45, 2.75) is 12.2 Å². The number of nitrogens with zero attached hydrogens (tertiary/aromatic N) is 1. The van der Waals surface area contributed by atoms with Crippen LogP contribution in [0.15, 0.2) is 11.5 Å². The Labute approximate surface area is 111 Å². The van der Waals surface area contributed by atoms with Crippen LogP contribution in [0.2, 0.25) is 0 Å². The molecule has 0 spiro atoms. The molecule has 0 fully saturated rings. The second kappa shape index (κ2) is 7.29. The summed E-state index contributed by atoms with van der Waals surface area (Å²) in [7, 11) is 6.16. The molecule has 0 saturated carbocycles. The third-order valence-corrected chi connectivity index (χ3v) is 2.25. The summed E-state index contributed by atoms with van der Waals surface area (Å²) in [4.78, 5) is 10.5. The molecule has 19 heavy (non-hydrogen) atoms. The fourth-order valence-electron chi connectivity index (χ4n) is 1.12. The summed E-state index contributed by atoms with van der Waals surface area (Å²) < 4.78 is 5.16. The number of rotatable bonds is 4. The molecule has 0 bridgehead atoms. The minimum atomic E-state index is -1.42. The van der Waals surface area contributed by atoms with E-state index in [0.29, 0.717) is 0 Å². The molecule has 8 nitrogen and oxygen atoms in total. The predicted octanol–water partition coefficient (Wildman–Crippen LogP) is -1.72. The Morgan fingerprint density at radius 3 is 2.00 bits per heavy atom. The van der Waals surface area contributed by atoms with Gasteiger partial charge in [-0.3, -0.25) is 0 Å². The summed E-state index contributed by atoms with van der Waals surface area (Å²) in [6.45, 7) is 0.443. The Hall–Kier alpha value is -1.35. The van der Waals surface area contributed by atoms with Crippen molar-refractivity contribution in [3.8, 4) is 0 Å². The lowest BCUT2D eigenvalue weighted by Crippen LogP contribution is -2.36. The molecular formula is C11H22NO7+. The number of quaternary nitrogens is 1. The van der Waals surface area contributed by atoms with Crippen molar-refractivity contribution in [3.63, 3.8) is 0 Å². The number of ether oxygens (including phenoxy) is 1. The number of carbonyl (C=O) groups is 1. The third kappa shape index (κ3) is 5.88. The molecule has 1 aliphatic rings. The highest BCUT2D eigenvalue weighted by molar-refractivity contribution is 5.89. The zero-order valence-electron chi connectivity index (χ0n) is 11.3. The molecule has 8 heteroatoms. The Kier molecular flexibility index (Phi) is 6.77. The molecule has 0 aromatic carbocycles. The standard InChI is InChI=1S/C6H8O6.C5H14NO/c7-1-2(8)5-3(9)4(10)6(11)12-5;1-6(2,3)4-5-7/h2,5,7-10H,1H2;7H,4-5H2,1-3H3/q;+1/t2-,5+;/m0./s1. The van der Waals surface area contributed by atoms with Crippen molar-refractivity contribution in [3.05, 3.63) is 11.5 Å². The van der Waals surface area contributed by atoms with Gasteiger partial charge in [0.2, 0.25) is 5.76 Å². The van der Waals surface area contributed by atoms with Crippen LogP contribution in [0.25, 0.3) is 0 Å². The van der Waals surface area contributed by atoms with Gasteiger partial charge in [-0.15, -0.1) is 0 Å². The lowest BCUT2D eigenvalue weighted by atomic mass is 10.2. The van der Waals surface area contributed by atoms with Crippen molar-refractivity contribution in [1.29, 1.82) is 0 Å². The number of hydrogen-bond donors (Lipinski definition) is 5. The van der Waals surface area contributed by atoms with Crippen molar-refractivity contribution in [1.82, 2.24) is 0 Å². The van der Waals surface area contributed by atoms with Gasteiger partial charge in [0.05, 0.1) is 34.4 Å². The van der Waals surface area contributed by atoms with Gasteiger partial charge in [0.1, 0.15) is 12.6 Å². The summed E-state index contributed by atoms with van der Waals surface area (Å²) in [5.74, 6) is -2.78. The van der Waals surface area contributed by atoms with E-state index in [1.165, 1.54) is 0 Å². The highest BCUT2D eigenvalue weighted by Gasteiger charge is 2.38.